The zero-order valence-corrected chi connectivity index (χ0v) is 40.3. The van der Waals surface area contributed by atoms with Crippen molar-refractivity contribution in [3.63, 3.8) is 0 Å². The van der Waals surface area contributed by atoms with Crippen molar-refractivity contribution in [2.45, 2.75) is 168 Å². The van der Waals surface area contributed by atoms with Gasteiger partial charge in [-0.05, 0) is 70.6 Å². The molecule has 4 rings (SSSR count). The number of hydrogen-bond donors (Lipinski definition) is 2. The van der Waals surface area contributed by atoms with Crippen molar-refractivity contribution in [1.82, 2.24) is 10.6 Å². The van der Waals surface area contributed by atoms with Crippen molar-refractivity contribution in [3.05, 3.63) is 95.7 Å². The Balaban J connectivity index is 1.22. The molecule has 10 heteroatoms. The fraction of sp³-hybridized carbons (Fsp3) is 0.574. The van der Waals surface area contributed by atoms with E-state index in [4.69, 9.17) is 9.47 Å². The maximum absolute atomic E-state index is 13.1. The van der Waals surface area contributed by atoms with Gasteiger partial charge in [-0.25, -0.2) is 4.79 Å². The Bertz CT molecular complexity index is 1960. The van der Waals surface area contributed by atoms with Crippen LogP contribution in [0.5, 0.6) is 0 Å². The van der Waals surface area contributed by atoms with E-state index in [1.165, 1.54) is 22.5 Å². The maximum Gasteiger partial charge on any atom is 0.328 e. The largest absolute Gasteiger partial charge is 0.466 e. The molecule has 10 nitrogen and oxygen atoms in total. The standard InChI is InChI=1S/C54H78N4O6/c1-8-11-13-26-40-63-51(61)36-35-44(52(62)64-41-27-14-12-9-2)56-50(60)34-20-15-16-25-38-55-49(59)37-39-58-46-31-24-22-29-43(46)54(6,7)48(58)33-19-17-18-32-47-53(4,5)42-28-21-23-30-45(42)57(47)10-3/h17-19,21-24,28-33,44H,8-16,20,25-27,34-41H2,1-7H3,(H-,55,56,59,60)/p+1/t44-/m1/s1. The number of carbonyl (C=O) groups excluding carboxylic acids is 4. The summed E-state index contributed by atoms with van der Waals surface area (Å²) in [7, 11) is 0. The second kappa shape index (κ2) is 26.7. The second-order valence-electron chi connectivity index (χ2n) is 18.3. The quantitative estimate of drug-likeness (QED) is 0.0362. The molecule has 0 saturated carbocycles. The van der Waals surface area contributed by atoms with Crippen molar-refractivity contribution < 1.29 is 33.2 Å². The van der Waals surface area contributed by atoms with E-state index >= 15 is 0 Å². The highest BCUT2D eigenvalue weighted by molar-refractivity contribution is 6.03. The molecule has 2 aliphatic rings. The van der Waals surface area contributed by atoms with E-state index in [-0.39, 0.29) is 47.9 Å². The molecule has 2 aliphatic heterocycles. The van der Waals surface area contributed by atoms with Crippen LogP contribution in [-0.4, -0.2) is 72.9 Å². The zero-order valence-electron chi connectivity index (χ0n) is 40.3. The normalized spacial score (nSPS) is 16.0. The molecule has 2 heterocycles. The Morgan fingerprint density at radius 3 is 2.06 bits per heavy atom. The van der Waals surface area contributed by atoms with Crippen LogP contribution in [0.4, 0.5) is 11.4 Å². The van der Waals surface area contributed by atoms with Gasteiger partial charge in [0.15, 0.2) is 12.3 Å². The number of fused-ring (bicyclic) bond motifs is 2. The first-order valence-electron chi connectivity index (χ1n) is 24.4. The molecule has 2 N–H and O–H groups in total. The second-order valence-corrected chi connectivity index (χ2v) is 18.3. The third-order valence-electron chi connectivity index (χ3n) is 12.6. The lowest BCUT2D eigenvalue weighted by Gasteiger charge is -2.25. The Morgan fingerprint density at radius 1 is 0.688 bits per heavy atom. The van der Waals surface area contributed by atoms with Gasteiger partial charge in [0.05, 0.1) is 25.0 Å². The van der Waals surface area contributed by atoms with Crippen LogP contribution in [0.2, 0.25) is 0 Å². The molecule has 1 atom stereocenters. The molecule has 2 aromatic rings. The van der Waals surface area contributed by atoms with Gasteiger partial charge in [0, 0.05) is 60.4 Å². The number of likely N-dealkylation sites (N-methyl/N-ethyl adjacent to an activating group) is 1. The van der Waals surface area contributed by atoms with Gasteiger partial charge in [-0.3, -0.25) is 14.4 Å². The minimum atomic E-state index is -0.882. The van der Waals surface area contributed by atoms with Gasteiger partial charge in [-0.2, -0.15) is 4.58 Å². The summed E-state index contributed by atoms with van der Waals surface area (Å²) in [5.41, 5.74) is 7.17. The smallest absolute Gasteiger partial charge is 0.328 e. The molecule has 0 unspecified atom stereocenters. The number of nitrogens with one attached hydrogen (secondary N) is 2. The van der Waals surface area contributed by atoms with E-state index in [0.717, 1.165) is 88.6 Å². The SMILES string of the molecule is CCCCCCOC(=O)CC[C@@H](NC(=O)CCCCCCNC(=O)CC[N+]1=C(/C=C/C=C/C=C2\N(CC)c3ccccc3C2(C)C)C(C)(C)c2ccccc21)C(=O)OCCCCCC. The number of unbranched alkanes of at least 4 members (excludes halogenated alkanes) is 9. The summed E-state index contributed by atoms with van der Waals surface area (Å²) in [6.45, 7) is 18.3. The molecular formula is C54H79N4O6+. The number of para-hydroxylation sites is 2. The monoisotopic (exact) mass is 880 g/mol. The molecule has 0 aromatic heterocycles. The zero-order chi connectivity index (χ0) is 46.4. The third-order valence-corrected chi connectivity index (χ3v) is 12.6. The molecule has 350 valence electrons. The first-order chi connectivity index (χ1) is 30.9. The Labute approximate surface area is 385 Å². The number of hydrogen-bond acceptors (Lipinski definition) is 7. The van der Waals surface area contributed by atoms with E-state index in [0.29, 0.717) is 39.1 Å². The molecule has 2 aromatic carbocycles. The van der Waals surface area contributed by atoms with E-state index in [2.05, 4.69) is 147 Å². The molecular weight excluding hydrogens is 801 g/mol. The van der Waals surface area contributed by atoms with Crippen LogP contribution in [0.15, 0.2) is 84.6 Å². The number of nitrogens with zero attached hydrogens (tertiary/aromatic N) is 2. The summed E-state index contributed by atoms with van der Waals surface area (Å²) in [6, 6.07) is 16.3. The van der Waals surface area contributed by atoms with Gasteiger partial charge >= 0.3 is 11.9 Å². The molecule has 64 heavy (non-hydrogen) atoms. The van der Waals surface area contributed by atoms with Crippen LogP contribution in [0, 0.1) is 0 Å². The van der Waals surface area contributed by atoms with Gasteiger partial charge in [-0.15, -0.1) is 0 Å². The molecule has 0 radical (unpaired) electrons. The van der Waals surface area contributed by atoms with Crippen LogP contribution in [0.25, 0.3) is 0 Å². The summed E-state index contributed by atoms with van der Waals surface area (Å²) >= 11 is 0. The van der Waals surface area contributed by atoms with Crippen molar-refractivity contribution >= 4 is 40.8 Å². The number of benzene rings is 2. The van der Waals surface area contributed by atoms with Crippen LogP contribution in [0.1, 0.15) is 162 Å². The van der Waals surface area contributed by atoms with Gasteiger partial charge in [0.25, 0.3) is 0 Å². The highest BCUT2D eigenvalue weighted by atomic mass is 16.5. The summed E-state index contributed by atoms with van der Waals surface area (Å²) in [4.78, 5) is 53.7. The first kappa shape index (κ1) is 51.6. The molecule has 0 aliphatic carbocycles. The van der Waals surface area contributed by atoms with Crippen LogP contribution in [0.3, 0.4) is 0 Å². The molecule has 0 bridgehead atoms. The van der Waals surface area contributed by atoms with E-state index in [9.17, 15) is 19.2 Å². The fourth-order valence-corrected chi connectivity index (χ4v) is 8.88. The fourth-order valence-electron chi connectivity index (χ4n) is 8.88. The Morgan fingerprint density at radius 2 is 1.34 bits per heavy atom. The lowest BCUT2D eigenvalue weighted by atomic mass is 9.81. The average molecular weight is 880 g/mol. The number of esters is 2. The number of carbonyl (C=O) groups is 4. The highest BCUT2D eigenvalue weighted by Gasteiger charge is 2.44. The van der Waals surface area contributed by atoms with E-state index in [1.54, 1.807) is 0 Å². The first-order valence-corrected chi connectivity index (χ1v) is 24.4. The number of allylic oxidation sites excluding steroid dienone is 6. The lowest BCUT2D eigenvalue weighted by Crippen LogP contribution is -2.42. The summed E-state index contributed by atoms with van der Waals surface area (Å²) in [6.07, 6.45) is 22.7. The lowest BCUT2D eigenvalue weighted by molar-refractivity contribution is -0.436. The average Bonchev–Trinajstić information content (AvgIpc) is 3.64. The minimum absolute atomic E-state index is 0.0146. The van der Waals surface area contributed by atoms with Gasteiger partial charge < -0.3 is 25.0 Å². The molecule has 0 saturated heterocycles. The van der Waals surface area contributed by atoms with Crippen molar-refractivity contribution in [2.24, 2.45) is 0 Å². The summed E-state index contributed by atoms with van der Waals surface area (Å²) < 4.78 is 13.1. The molecule has 0 fully saturated rings. The molecule has 0 spiro atoms. The highest BCUT2D eigenvalue weighted by Crippen LogP contribution is 2.47. The number of ether oxygens (including phenoxy) is 2. The van der Waals surface area contributed by atoms with Gasteiger partial charge in [0.2, 0.25) is 17.5 Å². The third kappa shape index (κ3) is 15.1. The Hall–Kier alpha value is -4.99. The maximum atomic E-state index is 13.1. The minimum Gasteiger partial charge on any atom is -0.466 e. The van der Waals surface area contributed by atoms with Crippen LogP contribution in [-0.2, 0) is 39.5 Å². The summed E-state index contributed by atoms with van der Waals surface area (Å²) in [5.74, 6) is -1.08. The predicted octanol–water partition coefficient (Wildman–Crippen LogP) is 10.8. The van der Waals surface area contributed by atoms with Crippen LogP contribution >= 0.6 is 0 Å². The number of amides is 2. The predicted molar refractivity (Wildman–Crippen MR) is 260 cm³/mol. The number of rotatable bonds is 29. The van der Waals surface area contributed by atoms with Crippen LogP contribution < -0.4 is 15.5 Å². The Kier molecular flexibility index (Phi) is 21.6. The van der Waals surface area contributed by atoms with Crippen molar-refractivity contribution in [3.8, 4) is 0 Å². The van der Waals surface area contributed by atoms with Crippen molar-refractivity contribution in [2.75, 3.05) is 37.7 Å². The topological polar surface area (TPSA) is 117 Å². The van der Waals surface area contributed by atoms with Gasteiger partial charge in [-0.1, -0.05) is 134 Å². The van der Waals surface area contributed by atoms with Crippen molar-refractivity contribution in [1.29, 1.82) is 0 Å². The number of anilines is 1. The summed E-state index contributed by atoms with van der Waals surface area (Å²) in [5, 5.41) is 5.92. The van der Waals surface area contributed by atoms with Gasteiger partial charge in [0.1, 0.15) is 6.04 Å². The van der Waals surface area contributed by atoms with E-state index < -0.39 is 12.0 Å². The molecule has 2 amide bonds. The van der Waals surface area contributed by atoms with E-state index in [1.807, 2.05) is 0 Å².